The van der Waals surface area contributed by atoms with Crippen LogP contribution in [0, 0.1) is 11.8 Å². The predicted octanol–water partition coefficient (Wildman–Crippen LogP) is 2.91. The van der Waals surface area contributed by atoms with Gasteiger partial charge in [0.05, 0.1) is 20.3 Å². The molecule has 0 bridgehead atoms. The molecule has 0 amide bonds. The van der Waals surface area contributed by atoms with Crippen molar-refractivity contribution in [3.63, 3.8) is 0 Å². The Bertz CT molecular complexity index is 654. The Labute approximate surface area is 193 Å². The van der Waals surface area contributed by atoms with Gasteiger partial charge in [-0.25, -0.2) is 0 Å². The molecule has 3 rings (SSSR count). The Morgan fingerprint density at radius 3 is 2.62 bits per heavy atom. The average Bonchev–Trinajstić information content (AvgIpc) is 3.34. The summed E-state index contributed by atoms with van der Waals surface area (Å²) in [6.45, 7) is 11.4. The van der Waals surface area contributed by atoms with Crippen molar-refractivity contribution in [2.75, 3.05) is 66.3 Å². The van der Waals surface area contributed by atoms with Crippen LogP contribution in [0.3, 0.4) is 0 Å². The van der Waals surface area contributed by atoms with E-state index in [4.69, 9.17) is 19.2 Å². The van der Waals surface area contributed by atoms with Crippen LogP contribution in [0.2, 0.25) is 0 Å². The Morgan fingerprint density at radius 2 is 1.94 bits per heavy atom. The molecule has 2 heterocycles. The first-order valence-electron chi connectivity index (χ1n) is 12.3. The lowest BCUT2D eigenvalue weighted by Crippen LogP contribution is -2.39. The van der Waals surface area contributed by atoms with Crippen molar-refractivity contribution >= 4 is 5.96 Å². The molecule has 2 aliphatic rings. The van der Waals surface area contributed by atoms with E-state index in [-0.39, 0.29) is 0 Å². The molecule has 32 heavy (non-hydrogen) atoms. The molecule has 0 saturated carbocycles. The number of guanidine groups is 1. The number of rotatable bonds is 12. The number of methoxy groups -OCH3 is 1. The summed E-state index contributed by atoms with van der Waals surface area (Å²) in [5.74, 6) is 3.10. The van der Waals surface area contributed by atoms with Gasteiger partial charge in [-0.15, -0.1) is 0 Å². The fraction of sp³-hybridized carbons (Fsp3) is 0.720. The third kappa shape index (κ3) is 8.96. The molecule has 2 saturated heterocycles. The summed E-state index contributed by atoms with van der Waals surface area (Å²) in [4.78, 5) is 7.40. The molecule has 0 aromatic heterocycles. The highest BCUT2D eigenvalue weighted by atomic mass is 16.5. The molecule has 7 nitrogen and oxygen atoms in total. The number of aliphatic imine (C=N–C) groups is 1. The second-order valence-corrected chi connectivity index (χ2v) is 8.87. The fourth-order valence-electron chi connectivity index (χ4n) is 4.22. The number of piperidine rings is 1. The topological polar surface area (TPSA) is 67.4 Å². The number of likely N-dealkylation sites (tertiary alicyclic amines) is 1. The molecular weight excluding hydrogens is 404 g/mol. The molecule has 180 valence electrons. The quantitative estimate of drug-likeness (QED) is 0.292. The van der Waals surface area contributed by atoms with Crippen molar-refractivity contribution in [3.8, 4) is 5.75 Å². The normalized spacial score (nSPS) is 20.4. The summed E-state index contributed by atoms with van der Waals surface area (Å²) in [5, 5.41) is 6.82. The number of benzene rings is 1. The maximum atomic E-state index is 5.79. The highest BCUT2D eigenvalue weighted by Gasteiger charge is 2.19. The van der Waals surface area contributed by atoms with Crippen molar-refractivity contribution < 1.29 is 14.2 Å². The minimum Gasteiger partial charge on any atom is -0.497 e. The van der Waals surface area contributed by atoms with Crippen LogP contribution in [0.4, 0.5) is 0 Å². The maximum Gasteiger partial charge on any atom is 0.191 e. The van der Waals surface area contributed by atoms with Crippen LogP contribution in [0.1, 0.15) is 38.2 Å². The first-order chi connectivity index (χ1) is 15.8. The predicted molar refractivity (Wildman–Crippen MR) is 129 cm³/mol. The zero-order valence-corrected chi connectivity index (χ0v) is 20.0. The van der Waals surface area contributed by atoms with E-state index in [1.54, 1.807) is 7.11 Å². The van der Waals surface area contributed by atoms with E-state index in [1.807, 2.05) is 12.1 Å². The number of ether oxygens (including phenoxy) is 3. The van der Waals surface area contributed by atoms with Crippen molar-refractivity contribution in [1.82, 2.24) is 15.5 Å². The van der Waals surface area contributed by atoms with E-state index in [0.29, 0.717) is 11.8 Å². The lowest BCUT2D eigenvalue weighted by molar-refractivity contribution is 0.0888. The third-order valence-corrected chi connectivity index (χ3v) is 6.26. The Balaban J connectivity index is 1.29. The lowest BCUT2D eigenvalue weighted by atomic mass is 9.96. The lowest BCUT2D eigenvalue weighted by Gasteiger charge is -2.31. The van der Waals surface area contributed by atoms with E-state index < -0.39 is 0 Å². The van der Waals surface area contributed by atoms with E-state index in [0.717, 1.165) is 90.2 Å². The standard InChI is InChI=1S/C25H42N4O3/c1-3-26-25(27-12-4-15-31-19-23-11-16-32-20-23)28-17-21-9-13-29(14-10-21)18-22-5-7-24(30-2)8-6-22/h5-8,21,23H,3-4,9-20H2,1-2H3,(H2,26,27,28). The average molecular weight is 447 g/mol. The smallest absolute Gasteiger partial charge is 0.191 e. The largest absolute Gasteiger partial charge is 0.497 e. The van der Waals surface area contributed by atoms with Gasteiger partial charge >= 0.3 is 0 Å². The molecule has 1 atom stereocenters. The first kappa shape index (κ1) is 24.8. The van der Waals surface area contributed by atoms with Crippen LogP contribution < -0.4 is 15.4 Å². The molecule has 1 unspecified atom stereocenters. The Morgan fingerprint density at radius 1 is 1.12 bits per heavy atom. The monoisotopic (exact) mass is 446 g/mol. The molecule has 0 aliphatic carbocycles. The molecule has 1 aromatic carbocycles. The van der Waals surface area contributed by atoms with E-state index in [1.165, 1.54) is 18.4 Å². The number of hydrogen-bond donors (Lipinski definition) is 2. The van der Waals surface area contributed by atoms with Gasteiger partial charge in [-0.2, -0.15) is 0 Å². The fourth-order valence-corrected chi connectivity index (χ4v) is 4.22. The van der Waals surface area contributed by atoms with Gasteiger partial charge in [-0.05, 0) is 69.3 Å². The maximum absolute atomic E-state index is 5.79. The van der Waals surface area contributed by atoms with Crippen molar-refractivity contribution in [2.45, 2.75) is 39.2 Å². The molecule has 2 aliphatic heterocycles. The van der Waals surface area contributed by atoms with Gasteiger partial charge in [-0.3, -0.25) is 9.89 Å². The Kier molecular flexibility index (Phi) is 11.1. The summed E-state index contributed by atoms with van der Waals surface area (Å²) < 4.78 is 16.4. The third-order valence-electron chi connectivity index (χ3n) is 6.26. The number of nitrogens with zero attached hydrogens (tertiary/aromatic N) is 2. The van der Waals surface area contributed by atoms with E-state index in [2.05, 4.69) is 34.6 Å². The van der Waals surface area contributed by atoms with Gasteiger partial charge < -0.3 is 24.8 Å². The molecule has 0 radical (unpaired) electrons. The summed E-state index contributed by atoms with van der Waals surface area (Å²) in [6.07, 6.45) is 4.53. The van der Waals surface area contributed by atoms with Gasteiger partial charge in [-0.1, -0.05) is 12.1 Å². The molecule has 2 N–H and O–H groups in total. The zero-order valence-electron chi connectivity index (χ0n) is 20.0. The van der Waals surface area contributed by atoms with Crippen LogP contribution in [0.25, 0.3) is 0 Å². The Hall–Kier alpha value is -1.83. The minimum atomic E-state index is 0.587. The highest BCUT2D eigenvalue weighted by molar-refractivity contribution is 5.79. The van der Waals surface area contributed by atoms with Crippen LogP contribution in [-0.4, -0.2) is 77.1 Å². The van der Waals surface area contributed by atoms with Gasteiger partial charge in [0.15, 0.2) is 5.96 Å². The van der Waals surface area contributed by atoms with E-state index in [9.17, 15) is 0 Å². The summed E-state index contributed by atoms with van der Waals surface area (Å²) >= 11 is 0. The summed E-state index contributed by atoms with van der Waals surface area (Å²) in [6, 6.07) is 8.42. The van der Waals surface area contributed by atoms with Crippen LogP contribution in [-0.2, 0) is 16.0 Å². The van der Waals surface area contributed by atoms with Gasteiger partial charge in [0.2, 0.25) is 0 Å². The minimum absolute atomic E-state index is 0.587. The van der Waals surface area contributed by atoms with Crippen LogP contribution in [0.5, 0.6) is 5.75 Å². The zero-order chi connectivity index (χ0) is 22.4. The SMILES string of the molecule is CCNC(=NCC1CCN(Cc2ccc(OC)cc2)CC1)NCCCOCC1CCOC1. The molecule has 0 spiro atoms. The number of nitrogens with one attached hydrogen (secondary N) is 2. The molecule has 7 heteroatoms. The second-order valence-electron chi connectivity index (χ2n) is 8.87. The molecule has 1 aromatic rings. The van der Waals surface area contributed by atoms with Crippen LogP contribution >= 0.6 is 0 Å². The molecule has 2 fully saturated rings. The summed E-state index contributed by atoms with van der Waals surface area (Å²) in [5.41, 5.74) is 1.35. The van der Waals surface area contributed by atoms with E-state index >= 15 is 0 Å². The van der Waals surface area contributed by atoms with Gasteiger partial charge in [0, 0.05) is 45.3 Å². The van der Waals surface area contributed by atoms with Crippen molar-refractivity contribution in [1.29, 1.82) is 0 Å². The second kappa shape index (κ2) is 14.3. The van der Waals surface area contributed by atoms with Gasteiger partial charge in [0.1, 0.15) is 5.75 Å². The van der Waals surface area contributed by atoms with Crippen molar-refractivity contribution in [3.05, 3.63) is 29.8 Å². The van der Waals surface area contributed by atoms with Crippen molar-refractivity contribution in [2.24, 2.45) is 16.8 Å². The summed E-state index contributed by atoms with van der Waals surface area (Å²) in [7, 11) is 1.71. The van der Waals surface area contributed by atoms with Gasteiger partial charge in [0.25, 0.3) is 0 Å². The first-order valence-corrected chi connectivity index (χ1v) is 12.3. The number of hydrogen-bond acceptors (Lipinski definition) is 5. The molecular formula is C25H42N4O3. The highest BCUT2D eigenvalue weighted by Crippen LogP contribution is 2.20. The van der Waals surface area contributed by atoms with Crippen LogP contribution in [0.15, 0.2) is 29.3 Å².